The maximum Gasteiger partial charge on any atom is 1.00 e. The molecule has 26 nitrogen and oxygen atoms in total. The minimum Gasteiger partial charge on any atom is -0.467 e. The van der Waals surface area contributed by atoms with E-state index in [0.717, 1.165) is 15.7 Å². The van der Waals surface area contributed by atoms with Gasteiger partial charge >= 0.3 is 80.9 Å². The summed E-state index contributed by atoms with van der Waals surface area (Å²) in [5, 5.41) is 49.8. The molecule has 6 aromatic rings. The smallest absolute Gasteiger partial charge is 0.467 e. The summed E-state index contributed by atoms with van der Waals surface area (Å²) in [6.45, 7) is 17.4. The average molecular weight is 1050 g/mol. The number of carbonyl (C=O) groups excluding carboxylic acids is 2. The van der Waals surface area contributed by atoms with E-state index in [-0.39, 0.29) is 98.6 Å². The van der Waals surface area contributed by atoms with Gasteiger partial charge in [-0.15, -0.1) is 4.63 Å². The van der Waals surface area contributed by atoms with E-state index in [1.54, 1.807) is 53.7 Å². The Morgan fingerprint density at radius 1 is 0.699 bits per heavy atom. The normalized spacial score (nSPS) is 16.8. The average Bonchev–Trinajstić information content (AvgIpc) is 4.04. The van der Waals surface area contributed by atoms with Crippen LogP contribution in [0.25, 0.3) is 23.0 Å². The van der Waals surface area contributed by atoms with E-state index < -0.39 is 68.9 Å². The molecule has 386 valence electrons. The minimum atomic E-state index is -0.836. The predicted molar refractivity (Wildman–Crippen MR) is 239 cm³/mol. The van der Waals surface area contributed by atoms with Gasteiger partial charge in [0, 0.05) is 0 Å². The third-order valence-corrected chi connectivity index (χ3v) is 10.5. The number of amides is 2. The first kappa shape index (κ1) is 56.1. The van der Waals surface area contributed by atoms with Crippen molar-refractivity contribution in [2.24, 2.45) is 0 Å². The Balaban J connectivity index is 0.000000184. The zero-order valence-electron chi connectivity index (χ0n) is 41.4. The molecule has 0 spiro atoms. The second-order valence-corrected chi connectivity index (χ2v) is 19.9. The van der Waals surface area contributed by atoms with Crippen molar-refractivity contribution in [1.82, 2.24) is 49.9 Å². The molecule has 10 rings (SSSR count). The molecule has 2 saturated heterocycles. The number of ether oxygens (including phenoxy) is 3. The number of benzene rings is 2. The van der Waals surface area contributed by atoms with Gasteiger partial charge in [-0.2, -0.15) is 0 Å². The van der Waals surface area contributed by atoms with Crippen molar-refractivity contribution in [3.8, 4) is 28.9 Å². The third kappa shape index (κ3) is 13.7. The van der Waals surface area contributed by atoms with Crippen LogP contribution >= 0.6 is 0 Å². The summed E-state index contributed by atoms with van der Waals surface area (Å²) in [6, 6.07) is 7.65. The number of rotatable bonds is 7. The number of fused-ring (bicyclic) bond motifs is 2. The second kappa shape index (κ2) is 22.1. The summed E-state index contributed by atoms with van der Waals surface area (Å²) >= 11 is 0. The molecule has 2 N–H and O–H groups in total. The maximum atomic E-state index is 13.7. The van der Waals surface area contributed by atoms with Crippen molar-refractivity contribution < 1.29 is 117 Å². The molecule has 2 aliphatic carbocycles. The third-order valence-electron chi connectivity index (χ3n) is 10.5. The molecular weight excluding hydrogens is 1000 g/mol. The van der Waals surface area contributed by atoms with E-state index in [0.29, 0.717) is 50.1 Å². The van der Waals surface area contributed by atoms with Gasteiger partial charge in [-0.25, -0.2) is 41.7 Å². The van der Waals surface area contributed by atoms with Gasteiger partial charge in [0.1, 0.15) is 28.9 Å². The molecule has 2 unspecified atom stereocenters. The monoisotopic (exact) mass is 1050 g/mol. The van der Waals surface area contributed by atoms with E-state index in [1.807, 2.05) is 20.8 Å². The second-order valence-electron chi connectivity index (χ2n) is 19.9. The number of nitrogens with zero attached hydrogens (tertiary/aromatic N) is 11. The van der Waals surface area contributed by atoms with Crippen LogP contribution in [0.15, 0.2) is 64.3 Å². The van der Waals surface area contributed by atoms with Crippen molar-refractivity contribution in [2.45, 2.75) is 116 Å². The van der Waals surface area contributed by atoms with Crippen molar-refractivity contribution in [1.29, 1.82) is 0 Å². The molecule has 6 heterocycles. The van der Waals surface area contributed by atoms with Gasteiger partial charge in [0.2, 0.25) is 17.3 Å². The van der Waals surface area contributed by atoms with Gasteiger partial charge in [0.25, 0.3) is 11.6 Å². The van der Waals surface area contributed by atoms with Crippen molar-refractivity contribution in [3.63, 3.8) is 0 Å². The summed E-state index contributed by atoms with van der Waals surface area (Å²) in [7, 11) is 0. The Kier molecular flexibility index (Phi) is 17.0. The number of aromatic nitrogens is 8. The van der Waals surface area contributed by atoms with Crippen molar-refractivity contribution in [3.05, 3.63) is 102 Å². The molecule has 2 amide bonds. The van der Waals surface area contributed by atoms with E-state index in [2.05, 4.69) is 40.1 Å². The fraction of sp³-hybridized carbons (Fsp3) is 0.500. The van der Waals surface area contributed by atoms with Crippen LogP contribution in [0, 0.1) is 21.7 Å². The Bertz CT molecular complexity index is 3060. The van der Waals surface area contributed by atoms with Gasteiger partial charge in [0.05, 0.1) is 50.0 Å². The Labute approximate surface area is 455 Å². The summed E-state index contributed by atoms with van der Waals surface area (Å²) < 4.78 is 64.2. The van der Waals surface area contributed by atoms with E-state index >= 15 is 0 Å². The molecule has 0 radical (unpaired) electrons. The molecule has 2 atom stereocenters. The number of likely N-dealkylation sites (tertiary alicyclic amines) is 2. The molecule has 0 saturated carbocycles. The van der Waals surface area contributed by atoms with Crippen molar-refractivity contribution >= 4 is 18.0 Å². The summed E-state index contributed by atoms with van der Waals surface area (Å²) in [4.78, 5) is 60.6. The number of hydrogen-bond acceptors (Lipinski definition) is 21. The molecule has 0 bridgehead atoms. The van der Waals surface area contributed by atoms with Crippen LogP contribution < -0.4 is 67.6 Å². The van der Waals surface area contributed by atoms with E-state index in [4.69, 9.17) is 33.6 Å². The number of nitro groups is 1. The molecule has 73 heavy (non-hydrogen) atoms. The van der Waals surface area contributed by atoms with Crippen LogP contribution in [0.3, 0.4) is 0 Å². The molecular formula is C44H51F2KN11O15+. The summed E-state index contributed by atoms with van der Waals surface area (Å²) in [5.74, 6) is -3.20. The Hall–Kier alpha value is -6.24. The molecule has 4 aliphatic rings. The fourth-order valence-electron chi connectivity index (χ4n) is 7.25. The van der Waals surface area contributed by atoms with Gasteiger partial charge in [-0.05, 0) is 142 Å². The van der Waals surface area contributed by atoms with E-state index in [1.165, 1.54) is 38.6 Å². The first-order valence-corrected chi connectivity index (χ1v) is 22.2. The topological polar surface area (TPSA) is 326 Å². The van der Waals surface area contributed by atoms with Crippen molar-refractivity contribution in [2.75, 3.05) is 26.2 Å². The molecule has 4 aromatic heterocycles. The summed E-state index contributed by atoms with van der Waals surface area (Å²) in [6.07, 6.45) is -0.553. The van der Waals surface area contributed by atoms with Crippen LogP contribution in [0.2, 0.25) is 0 Å². The standard InChI is InChI=1S/C20H20FN5O6.C12H6FN5O5.C8H15NO3.C4H10O.K/c1-20(2,3)30-18(27)25-8-12(9-25)29-17-15(22-32-24-17)16-23-31-19(28)26(16)14-6-10-4-5-11(21)7-13(10)14;13-6-2-1-5-3-8(7(5)4-6)17-10(15-22-12(17)19)9-11(18(20)21)16-23-14-9;1-8(2,3)12-7(11)9-4-6(10)5-9;1-4(2,3)5;/h4-5,7,12,14H,6,8-9H2,1-3H3;1-2,4,8H,3H2;6,10H,4-5H2,1-3H3;5H,1-3H3;/q;;;;+1. The number of carbonyl (C=O) groups is 2. The zero-order valence-corrected chi connectivity index (χ0v) is 44.5. The number of aliphatic hydroxyl groups is 2. The first-order chi connectivity index (χ1) is 33.6. The number of hydrogen-bond donors (Lipinski definition) is 2. The van der Waals surface area contributed by atoms with Gasteiger partial charge < -0.3 is 44.3 Å². The Morgan fingerprint density at radius 2 is 1.12 bits per heavy atom. The minimum absolute atomic E-state index is 0. The van der Waals surface area contributed by atoms with Crippen LogP contribution in [0.4, 0.5) is 24.2 Å². The van der Waals surface area contributed by atoms with Crippen LogP contribution in [-0.4, -0.2) is 132 Å². The molecule has 2 aliphatic heterocycles. The quantitative estimate of drug-likeness (QED) is 0.130. The van der Waals surface area contributed by atoms with Gasteiger partial charge in [0.15, 0.2) is 5.16 Å². The number of β-amino-alcohol motifs (C(OH)–C–C–N with tert-alkyl or cyclic N) is 1. The van der Waals surface area contributed by atoms with Crippen LogP contribution in [-0.2, 0) is 22.3 Å². The molecule has 29 heteroatoms. The fourth-order valence-corrected chi connectivity index (χ4v) is 7.25. The number of halogens is 2. The zero-order chi connectivity index (χ0) is 52.6. The van der Waals surface area contributed by atoms with Crippen LogP contribution in [0.1, 0.15) is 96.7 Å². The van der Waals surface area contributed by atoms with Crippen LogP contribution in [0.5, 0.6) is 5.88 Å². The SMILES string of the molecule is CC(C)(C)O.CC(C)(C)OC(=O)N1CC(O)C1.CC(C)(C)OC(=O)N1CC(Oc2nonc2-c2noc(=O)n2C2Cc3ccc(F)cc32)C1.O=c1onc(-c2nonc2[N+](=O)[O-])n1C1Cc2ccc(F)cc21.[K+]. The molecule has 2 fully saturated rings. The number of aliphatic hydroxyl groups excluding tert-OH is 1. The predicted octanol–water partition coefficient (Wildman–Crippen LogP) is 1.63. The largest absolute Gasteiger partial charge is 1.00 e. The van der Waals surface area contributed by atoms with Gasteiger partial charge in [-0.3, -0.25) is 9.05 Å². The maximum absolute atomic E-state index is 13.7. The molecule has 2 aromatic carbocycles. The first-order valence-electron chi connectivity index (χ1n) is 22.2. The summed E-state index contributed by atoms with van der Waals surface area (Å²) in [5.41, 5.74) is 1.26. The van der Waals surface area contributed by atoms with Gasteiger partial charge in [-0.1, -0.05) is 22.4 Å². The van der Waals surface area contributed by atoms with E-state index in [9.17, 15) is 38.1 Å². The Morgan fingerprint density at radius 3 is 1.56 bits per heavy atom.